The summed E-state index contributed by atoms with van der Waals surface area (Å²) in [6.45, 7) is 0.270. The van der Waals surface area contributed by atoms with Crippen LogP contribution in [0.25, 0.3) is 0 Å². The highest BCUT2D eigenvalue weighted by Gasteiger charge is 2.48. The zero-order valence-electron chi connectivity index (χ0n) is 11.2. The zero-order valence-corrected chi connectivity index (χ0v) is 11.2. The van der Waals surface area contributed by atoms with Crippen LogP contribution in [0.15, 0.2) is 0 Å². The molecule has 3 fully saturated rings. The van der Waals surface area contributed by atoms with Gasteiger partial charge in [-0.3, -0.25) is 4.79 Å². The number of ether oxygens (including phenoxy) is 1. The number of aliphatic hydroxyl groups is 1. The van der Waals surface area contributed by atoms with Crippen molar-refractivity contribution in [3.8, 4) is 0 Å². The van der Waals surface area contributed by atoms with Crippen molar-refractivity contribution in [3.05, 3.63) is 0 Å². The number of hydrogen-bond donors (Lipinski definition) is 1. The summed E-state index contributed by atoms with van der Waals surface area (Å²) in [5.41, 5.74) is 0. The number of β-amino-alcohol motifs (C(OH)–C–C–N with tert-alkyl or cyclic N) is 1. The minimum Gasteiger partial charge on any atom is -0.467 e. The van der Waals surface area contributed by atoms with Crippen LogP contribution in [0.1, 0.15) is 32.1 Å². The number of fused-ring (bicyclic) bond motifs is 2. The fourth-order valence-electron chi connectivity index (χ4n) is 4.18. The maximum atomic E-state index is 12.6. The van der Waals surface area contributed by atoms with Crippen molar-refractivity contribution in [1.29, 1.82) is 0 Å². The van der Waals surface area contributed by atoms with E-state index < -0.39 is 18.1 Å². The number of rotatable bonds is 2. The lowest BCUT2D eigenvalue weighted by Gasteiger charge is -2.29. The van der Waals surface area contributed by atoms with E-state index in [2.05, 4.69) is 0 Å². The van der Waals surface area contributed by atoms with Crippen molar-refractivity contribution in [2.24, 2.45) is 17.8 Å². The lowest BCUT2D eigenvalue weighted by molar-refractivity contribution is -0.153. The van der Waals surface area contributed by atoms with Crippen molar-refractivity contribution in [2.45, 2.75) is 44.2 Å². The van der Waals surface area contributed by atoms with Gasteiger partial charge in [0.1, 0.15) is 6.04 Å². The van der Waals surface area contributed by atoms with E-state index in [-0.39, 0.29) is 18.4 Å². The van der Waals surface area contributed by atoms with Gasteiger partial charge in [0.05, 0.1) is 13.2 Å². The van der Waals surface area contributed by atoms with Gasteiger partial charge >= 0.3 is 5.97 Å². The fourth-order valence-corrected chi connectivity index (χ4v) is 4.18. The Balaban J connectivity index is 1.73. The molecule has 5 heteroatoms. The van der Waals surface area contributed by atoms with E-state index in [0.29, 0.717) is 18.3 Å². The molecule has 0 aromatic rings. The van der Waals surface area contributed by atoms with Crippen molar-refractivity contribution >= 4 is 11.9 Å². The molecule has 2 aliphatic carbocycles. The number of nitrogens with zero attached hydrogens (tertiary/aromatic N) is 1. The van der Waals surface area contributed by atoms with Crippen LogP contribution in [0.3, 0.4) is 0 Å². The second-order valence-corrected chi connectivity index (χ2v) is 6.20. The number of amides is 1. The van der Waals surface area contributed by atoms with Gasteiger partial charge in [-0.2, -0.15) is 0 Å². The van der Waals surface area contributed by atoms with Crippen molar-refractivity contribution in [1.82, 2.24) is 4.90 Å². The Bertz CT molecular complexity index is 397. The van der Waals surface area contributed by atoms with Crippen LogP contribution in [0, 0.1) is 17.8 Å². The van der Waals surface area contributed by atoms with Crippen LogP contribution in [-0.4, -0.2) is 47.7 Å². The third-order valence-electron chi connectivity index (χ3n) is 5.09. The molecule has 2 saturated carbocycles. The van der Waals surface area contributed by atoms with Crippen LogP contribution < -0.4 is 0 Å². The monoisotopic (exact) mass is 267 g/mol. The number of methoxy groups -OCH3 is 1. The predicted octanol–water partition coefficient (Wildman–Crippen LogP) is 0.557. The lowest BCUT2D eigenvalue weighted by atomic mass is 9.87. The predicted molar refractivity (Wildman–Crippen MR) is 67.1 cm³/mol. The van der Waals surface area contributed by atoms with E-state index in [9.17, 15) is 14.7 Å². The quantitative estimate of drug-likeness (QED) is 0.742. The van der Waals surface area contributed by atoms with E-state index in [0.717, 1.165) is 19.3 Å². The maximum absolute atomic E-state index is 12.6. The number of aliphatic hydroxyl groups excluding tert-OH is 1. The molecular formula is C14H21NO4. The minimum atomic E-state index is -0.605. The Hall–Kier alpha value is -1.10. The normalized spacial score (nSPS) is 40.7. The number of carbonyl (C=O) groups is 2. The molecule has 1 heterocycles. The first-order chi connectivity index (χ1) is 9.10. The van der Waals surface area contributed by atoms with Crippen LogP contribution in [0.2, 0.25) is 0 Å². The molecule has 1 amide bonds. The van der Waals surface area contributed by atoms with Gasteiger partial charge in [-0.15, -0.1) is 0 Å². The van der Waals surface area contributed by atoms with E-state index >= 15 is 0 Å². The van der Waals surface area contributed by atoms with Crippen LogP contribution in [0.4, 0.5) is 0 Å². The van der Waals surface area contributed by atoms with Crippen LogP contribution in [-0.2, 0) is 14.3 Å². The van der Waals surface area contributed by atoms with E-state index in [1.165, 1.54) is 13.5 Å². The highest BCUT2D eigenvalue weighted by Crippen LogP contribution is 2.49. The average Bonchev–Trinajstić information content (AvgIpc) is 3.11. The molecule has 1 N–H and O–H groups in total. The van der Waals surface area contributed by atoms with Crippen LogP contribution in [0.5, 0.6) is 0 Å². The zero-order chi connectivity index (χ0) is 13.6. The molecule has 0 radical (unpaired) electrons. The summed E-state index contributed by atoms with van der Waals surface area (Å²) in [6.07, 6.45) is 4.21. The van der Waals surface area contributed by atoms with E-state index in [1.54, 1.807) is 4.90 Å². The third-order valence-corrected chi connectivity index (χ3v) is 5.09. The summed E-state index contributed by atoms with van der Waals surface area (Å²) in [4.78, 5) is 25.9. The molecule has 2 bridgehead atoms. The molecule has 1 saturated heterocycles. The SMILES string of the molecule is COC(=O)C1CC(O)CN1C(=O)C1CC2CCC1C2. The number of hydrogen-bond acceptors (Lipinski definition) is 4. The molecule has 0 aromatic heterocycles. The van der Waals surface area contributed by atoms with Gasteiger partial charge in [0.2, 0.25) is 5.91 Å². The van der Waals surface area contributed by atoms with Gasteiger partial charge in [0.25, 0.3) is 0 Å². The minimum absolute atomic E-state index is 0.0548. The third kappa shape index (κ3) is 2.14. The Labute approximate surface area is 112 Å². The Kier molecular flexibility index (Phi) is 3.25. The molecule has 0 spiro atoms. The standard InChI is InChI=1S/C14H21NO4/c1-19-14(18)12-6-10(16)7-15(12)13(17)11-5-8-2-3-9(11)4-8/h8-12,16H,2-7H2,1H3. The van der Waals surface area contributed by atoms with Crippen LogP contribution >= 0.6 is 0 Å². The molecule has 19 heavy (non-hydrogen) atoms. The van der Waals surface area contributed by atoms with E-state index in [1.807, 2.05) is 0 Å². The van der Waals surface area contributed by atoms with E-state index in [4.69, 9.17) is 4.74 Å². The van der Waals surface area contributed by atoms with Gasteiger partial charge in [-0.1, -0.05) is 6.42 Å². The summed E-state index contributed by atoms with van der Waals surface area (Å²) < 4.78 is 4.74. The highest BCUT2D eigenvalue weighted by atomic mass is 16.5. The smallest absolute Gasteiger partial charge is 0.328 e. The molecule has 1 aliphatic heterocycles. The molecule has 0 aromatic carbocycles. The first kappa shape index (κ1) is 12.9. The first-order valence-electron chi connectivity index (χ1n) is 7.16. The second-order valence-electron chi connectivity index (χ2n) is 6.20. The fraction of sp³-hybridized carbons (Fsp3) is 0.857. The van der Waals surface area contributed by atoms with Crippen molar-refractivity contribution in [2.75, 3.05) is 13.7 Å². The van der Waals surface area contributed by atoms with Gasteiger partial charge in [-0.05, 0) is 31.1 Å². The average molecular weight is 267 g/mol. The number of likely N-dealkylation sites (tertiary alicyclic amines) is 1. The summed E-state index contributed by atoms with van der Waals surface area (Å²) in [7, 11) is 1.33. The number of carbonyl (C=O) groups excluding carboxylic acids is 2. The number of esters is 1. The molecule has 5 unspecified atom stereocenters. The maximum Gasteiger partial charge on any atom is 0.328 e. The van der Waals surface area contributed by atoms with Gasteiger partial charge in [0.15, 0.2) is 0 Å². The van der Waals surface area contributed by atoms with Crippen molar-refractivity contribution < 1.29 is 19.4 Å². The Morgan fingerprint density at radius 2 is 2.00 bits per heavy atom. The second kappa shape index (κ2) is 4.78. The molecule has 5 atom stereocenters. The lowest BCUT2D eigenvalue weighted by Crippen LogP contribution is -2.45. The molecule has 3 rings (SSSR count). The first-order valence-corrected chi connectivity index (χ1v) is 7.16. The van der Waals surface area contributed by atoms with Gasteiger partial charge in [0, 0.05) is 18.9 Å². The largest absolute Gasteiger partial charge is 0.467 e. The Morgan fingerprint density at radius 1 is 1.21 bits per heavy atom. The highest BCUT2D eigenvalue weighted by molar-refractivity contribution is 5.87. The van der Waals surface area contributed by atoms with Crippen molar-refractivity contribution in [3.63, 3.8) is 0 Å². The Morgan fingerprint density at radius 3 is 2.58 bits per heavy atom. The molecule has 5 nitrogen and oxygen atoms in total. The molecule has 3 aliphatic rings. The molecule has 106 valence electrons. The topological polar surface area (TPSA) is 66.8 Å². The summed E-state index contributed by atoms with van der Waals surface area (Å²) in [5.74, 6) is 0.903. The van der Waals surface area contributed by atoms with Gasteiger partial charge in [-0.25, -0.2) is 4.79 Å². The summed E-state index contributed by atoms with van der Waals surface area (Å²) in [6, 6.07) is -0.591. The summed E-state index contributed by atoms with van der Waals surface area (Å²) >= 11 is 0. The van der Waals surface area contributed by atoms with Gasteiger partial charge < -0.3 is 14.7 Å². The summed E-state index contributed by atoms with van der Waals surface area (Å²) in [5, 5.41) is 9.74. The molecular weight excluding hydrogens is 246 g/mol.